The molecule has 2 rings (SSSR count). The number of nitrogens with zero attached hydrogens (tertiary/aromatic N) is 2. The molecule has 1 aromatic carbocycles. The van der Waals surface area contributed by atoms with Crippen LogP contribution in [0.5, 0.6) is 0 Å². The molecule has 1 aromatic heterocycles. The molecule has 0 aliphatic heterocycles. The molecule has 0 spiro atoms. The first-order valence-electron chi connectivity index (χ1n) is 6.60. The lowest BCUT2D eigenvalue weighted by atomic mass is 10.1. The Morgan fingerprint density at radius 2 is 2.24 bits per heavy atom. The van der Waals surface area contributed by atoms with Crippen LogP contribution in [0.4, 0.5) is 4.39 Å². The Kier molecular flexibility index (Phi) is 6.11. The molecule has 1 heterocycles. The van der Waals surface area contributed by atoms with Crippen LogP contribution in [-0.4, -0.2) is 37.2 Å². The van der Waals surface area contributed by atoms with Gasteiger partial charge in [-0.2, -0.15) is 0 Å². The van der Waals surface area contributed by atoms with Crippen LogP contribution in [-0.2, 0) is 17.2 Å². The Labute approximate surface area is 133 Å². The number of thiazole rings is 1. The van der Waals surface area contributed by atoms with Crippen LogP contribution in [0.1, 0.15) is 11.3 Å². The Bertz CT molecular complexity index is 591. The molecule has 0 bridgehead atoms. The van der Waals surface area contributed by atoms with Gasteiger partial charge in [0.2, 0.25) is 0 Å². The third-order valence-electron chi connectivity index (χ3n) is 3.10. The minimum atomic E-state index is -0.197. The Morgan fingerprint density at radius 3 is 2.90 bits per heavy atom. The molecule has 114 valence electrons. The Morgan fingerprint density at radius 1 is 1.43 bits per heavy atom. The molecule has 0 saturated heterocycles. The first kappa shape index (κ1) is 16.4. The zero-order valence-corrected chi connectivity index (χ0v) is 13.7. The lowest BCUT2D eigenvalue weighted by molar-refractivity contribution is 0.158. The topological polar surface area (TPSA) is 25.4 Å². The van der Waals surface area contributed by atoms with Gasteiger partial charge in [-0.15, -0.1) is 22.9 Å². The SMILES string of the molecule is COCCN(C)Cc1cc(-c2nc(CCl)cs2)ccc1F. The summed E-state index contributed by atoms with van der Waals surface area (Å²) >= 11 is 7.29. The largest absolute Gasteiger partial charge is 0.383 e. The van der Waals surface area contributed by atoms with E-state index in [0.29, 0.717) is 24.6 Å². The van der Waals surface area contributed by atoms with Crippen LogP contribution >= 0.6 is 22.9 Å². The van der Waals surface area contributed by atoms with Crippen molar-refractivity contribution in [2.24, 2.45) is 0 Å². The van der Waals surface area contributed by atoms with Gasteiger partial charge in [0.15, 0.2) is 0 Å². The van der Waals surface area contributed by atoms with Gasteiger partial charge in [0, 0.05) is 36.7 Å². The predicted octanol–water partition coefficient (Wildman–Crippen LogP) is 3.77. The summed E-state index contributed by atoms with van der Waals surface area (Å²) in [6, 6.07) is 5.11. The second-order valence-electron chi connectivity index (χ2n) is 4.81. The molecule has 0 N–H and O–H groups in total. The van der Waals surface area contributed by atoms with Gasteiger partial charge in [0.1, 0.15) is 10.8 Å². The summed E-state index contributed by atoms with van der Waals surface area (Å²) < 4.78 is 19.0. The Hall–Kier alpha value is -1.01. The first-order valence-corrected chi connectivity index (χ1v) is 8.02. The average Bonchev–Trinajstić information content (AvgIpc) is 2.96. The summed E-state index contributed by atoms with van der Waals surface area (Å²) in [5.41, 5.74) is 2.43. The zero-order valence-electron chi connectivity index (χ0n) is 12.1. The quantitative estimate of drug-likeness (QED) is 0.723. The van der Waals surface area contributed by atoms with Crippen molar-refractivity contribution >= 4 is 22.9 Å². The number of rotatable bonds is 7. The highest BCUT2D eigenvalue weighted by Gasteiger charge is 2.10. The van der Waals surface area contributed by atoms with Gasteiger partial charge in [-0.25, -0.2) is 9.37 Å². The fourth-order valence-electron chi connectivity index (χ4n) is 1.95. The maximum absolute atomic E-state index is 13.9. The summed E-state index contributed by atoms with van der Waals surface area (Å²) in [6.45, 7) is 1.92. The van der Waals surface area contributed by atoms with Crippen molar-refractivity contribution in [3.05, 3.63) is 40.7 Å². The maximum atomic E-state index is 13.9. The van der Waals surface area contributed by atoms with Gasteiger partial charge < -0.3 is 4.74 Å². The summed E-state index contributed by atoms with van der Waals surface area (Å²) in [5, 5.41) is 2.79. The molecule has 0 fully saturated rings. The minimum absolute atomic E-state index is 0.197. The molecule has 6 heteroatoms. The molecule has 0 radical (unpaired) electrons. The monoisotopic (exact) mass is 328 g/mol. The van der Waals surface area contributed by atoms with Crippen LogP contribution < -0.4 is 0 Å². The van der Waals surface area contributed by atoms with E-state index < -0.39 is 0 Å². The van der Waals surface area contributed by atoms with Crippen molar-refractivity contribution < 1.29 is 9.13 Å². The highest BCUT2D eigenvalue weighted by Crippen LogP contribution is 2.26. The molecule has 2 aromatic rings. The average molecular weight is 329 g/mol. The van der Waals surface area contributed by atoms with E-state index in [4.69, 9.17) is 16.3 Å². The predicted molar refractivity (Wildman–Crippen MR) is 85.3 cm³/mol. The second kappa shape index (κ2) is 7.84. The van der Waals surface area contributed by atoms with Gasteiger partial charge in [-0.3, -0.25) is 4.90 Å². The summed E-state index contributed by atoms with van der Waals surface area (Å²) in [4.78, 5) is 6.45. The summed E-state index contributed by atoms with van der Waals surface area (Å²) in [5.74, 6) is 0.196. The van der Waals surface area contributed by atoms with Gasteiger partial charge >= 0.3 is 0 Å². The smallest absolute Gasteiger partial charge is 0.127 e. The maximum Gasteiger partial charge on any atom is 0.127 e. The summed E-state index contributed by atoms with van der Waals surface area (Å²) in [6.07, 6.45) is 0. The standard InChI is InChI=1S/C15H18ClFN2OS/c1-19(5-6-20-2)9-12-7-11(3-4-14(12)17)15-18-13(8-16)10-21-15/h3-4,7,10H,5-6,8-9H2,1-2H3. The van der Waals surface area contributed by atoms with Crippen molar-refractivity contribution in [2.75, 3.05) is 27.3 Å². The number of hydrogen-bond donors (Lipinski definition) is 0. The van der Waals surface area contributed by atoms with E-state index in [9.17, 15) is 4.39 Å². The third kappa shape index (κ3) is 4.48. The van der Waals surface area contributed by atoms with E-state index in [1.54, 1.807) is 13.2 Å². The fraction of sp³-hybridized carbons (Fsp3) is 0.400. The van der Waals surface area contributed by atoms with E-state index in [0.717, 1.165) is 22.8 Å². The van der Waals surface area contributed by atoms with Crippen molar-refractivity contribution in [1.82, 2.24) is 9.88 Å². The number of hydrogen-bond acceptors (Lipinski definition) is 4. The number of halogens is 2. The molecule has 21 heavy (non-hydrogen) atoms. The lowest BCUT2D eigenvalue weighted by Gasteiger charge is -2.16. The number of ether oxygens (including phenoxy) is 1. The fourth-order valence-corrected chi connectivity index (χ4v) is 2.99. The van der Waals surface area contributed by atoms with Crippen LogP contribution in [0.15, 0.2) is 23.6 Å². The van der Waals surface area contributed by atoms with Crippen molar-refractivity contribution in [3.8, 4) is 10.6 Å². The highest BCUT2D eigenvalue weighted by molar-refractivity contribution is 7.13. The molecule has 0 aliphatic rings. The molecular formula is C15H18ClFN2OS. The number of benzene rings is 1. The van der Waals surface area contributed by atoms with E-state index in [-0.39, 0.29) is 5.82 Å². The molecule has 0 saturated carbocycles. The van der Waals surface area contributed by atoms with Crippen molar-refractivity contribution in [3.63, 3.8) is 0 Å². The third-order valence-corrected chi connectivity index (χ3v) is 4.31. The summed E-state index contributed by atoms with van der Waals surface area (Å²) in [7, 11) is 3.60. The van der Waals surface area contributed by atoms with Crippen molar-refractivity contribution in [2.45, 2.75) is 12.4 Å². The van der Waals surface area contributed by atoms with E-state index in [1.807, 2.05) is 23.4 Å². The van der Waals surface area contributed by atoms with Crippen LogP contribution in [0, 0.1) is 5.82 Å². The lowest BCUT2D eigenvalue weighted by Crippen LogP contribution is -2.22. The number of methoxy groups -OCH3 is 1. The highest BCUT2D eigenvalue weighted by atomic mass is 35.5. The van der Waals surface area contributed by atoms with Gasteiger partial charge in [0.25, 0.3) is 0 Å². The minimum Gasteiger partial charge on any atom is -0.383 e. The van der Waals surface area contributed by atoms with Crippen molar-refractivity contribution in [1.29, 1.82) is 0 Å². The molecule has 0 aliphatic carbocycles. The molecule has 3 nitrogen and oxygen atoms in total. The molecule has 0 atom stereocenters. The van der Waals surface area contributed by atoms with Gasteiger partial charge in [-0.1, -0.05) is 0 Å². The van der Waals surface area contributed by atoms with Crippen LogP contribution in [0.3, 0.4) is 0 Å². The number of aromatic nitrogens is 1. The molecule has 0 amide bonds. The van der Waals surface area contributed by atoms with Crippen LogP contribution in [0.25, 0.3) is 10.6 Å². The number of likely N-dealkylation sites (N-methyl/N-ethyl adjacent to an activating group) is 1. The second-order valence-corrected chi connectivity index (χ2v) is 5.94. The Balaban J connectivity index is 2.16. The molecule has 0 unspecified atom stereocenters. The van der Waals surface area contributed by atoms with Gasteiger partial charge in [-0.05, 0) is 25.2 Å². The van der Waals surface area contributed by atoms with Crippen LogP contribution in [0.2, 0.25) is 0 Å². The van der Waals surface area contributed by atoms with E-state index in [1.165, 1.54) is 17.4 Å². The first-order chi connectivity index (χ1) is 10.1. The van der Waals surface area contributed by atoms with Gasteiger partial charge in [0.05, 0.1) is 18.2 Å². The van der Waals surface area contributed by atoms with E-state index >= 15 is 0 Å². The zero-order chi connectivity index (χ0) is 15.2. The van der Waals surface area contributed by atoms with E-state index in [2.05, 4.69) is 4.98 Å². The normalized spacial score (nSPS) is 11.3. The number of alkyl halides is 1. The molecular weight excluding hydrogens is 311 g/mol.